The molecule has 128 valence electrons. The van der Waals surface area contributed by atoms with Crippen molar-refractivity contribution >= 4 is 5.91 Å². The summed E-state index contributed by atoms with van der Waals surface area (Å²) in [6.07, 6.45) is 0. The van der Waals surface area contributed by atoms with Crippen LogP contribution in [-0.2, 0) is 4.79 Å². The quantitative estimate of drug-likeness (QED) is 0.820. The summed E-state index contributed by atoms with van der Waals surface area (Å²) < 4.78 is 5.42. The van der Waals surface area contributed by atoms with Gasteiger partial charge in [-0.05, 0) is 31.2 Å². The molecule has 0 spiro atoms. The molecule has 0 radical (unpaired) electrons. The standard InChI is InChI=1S/C20H26N2O2/c1-14(13-21-3)20(23)22-15(2)16-9-11-17(12-10-16)18-7-5-6-8-19(18)24-4/h5-12,14-15,21H,13H2,1-4H3,(H,22,23). The molecule has 2 aromatic carbocycles. The zero-order valence-electron chi connectivity index (χ0n) is 14.8. The van der Waals surface area contributed by atoms with E-state index in [4.69, 9.17) is 4.74 Å². The highest BCUT2D eigenvalue weighted by molar-refractivity contribution is 5.79. The Morgan fingerprint density at radius 1 is 1.08 bits per heavy atom. The maximum atomic E-state index is 12.1. The minimum atomic E-state index is -0.0506. The number of carbonyl (C=O) groups excluding carboxylic acids is 1. The lowest BCUT2D eigenvalue weighted by Crippen LogP contribution is -2.35. The van der Waals surface area contributed by atoms with Crippen molar-refractivity contribution in [2.75, 3.05) is 20.7 Å². The number of hydrogen-bond donors (Lipinski definition) is 2. The minimum absolute atomic E-state index is 0.0245. The van der Waals surface area contributed by atoms with Crippen LogP contribution in [0.5, 0.6) is 5.75 Å². The van der Waals surface area contributed by atoms with E-state index in [0.717, 1.165) is 22.4 Å². The van der Waals surface area contributed by atoms with Crippen molar-refractivity contribution in [3.63, 3.8) is 0 Å². The van der Waals surface area contributed by atoms with E-state index in [1.54, 1.807) is 7.11 Å². The van der Waals surface area contributed by atoms with Crippen LogP contribution in [0, 0.1) is 5.92 Å². The molecular formula is C20H26N2O2. The fraction of sp³-hybridized carbons (Fsp3) is 0.350. The van der Waals surface area contributed by atoms with Crippen LogP contribution in [0.1, 0.15) is 25.5 Å². The third kappa shape index (κ3) is 4.36. The van der Waals surface area contributed by atoms with Crippen molar-refractivity contribution in [1.29, 1.82) is 0 Å². The lowest BCUT2D eigenvalue weighted by Gasteiger charge is -2.18. The number of amides is 1. The molecule has 4 heteroatoms. The highest BCUT2D eigenvalue weighted by atomic mass is 16.5. The van der Waals surface area contributed by atoms with Gasteiger partial charge < -0.3 is 15.4 Å². The van der Waals surface area contributed by atoms with Gasteiger partial charge in [0.25, 0.3) is 0 Å². The Morgan fingerprint density at radius 3 is 2.38 bits per heavy atom. The predicted molar refractivity (Wildman–Crippen MR) is 98.1 cm³/mol. The van der Waals surface area contributed by atoms with Gasteiger partial charge in [-0.2, -0.15) is 0 Å². The smallest absolute Gasteiger partial charge is 0.224 e. The lowest BCUT2D eigenvalue weighted by molar-refractivity contribution is -0.125. The van der Waals surface area contributed by atoms with Gasteiger partial charge in [-0.15, -0.1) is 0 Å². The van der Waals surface area contributed by atoms with Crippen LogP contribution >= 0.6 is 0 Å². The molecule has 4 nitrogen and oxygen atoms in total. The van der Waals surface area contributed by atoms with Gasteiger partial charge in [0.1, 0.15) is 5.75 Å². The second-order valence-electron chi connectivity index (χ2n) is 6.01. The lowest BCUT2D eigenvalue weighted by atomic mass is 10.0. The Morgan fingerprint density at radius 2 is 1.75 bits per heavy atom. The first-order valence-corrected chi connectivity index (χ1v) is 8.25. The van der Waals surface area contributed by atoms with Crippen molar-refractivity contribution in [3.8, 4) is 16.9 Å². The van der Waals surface area contributed by atoms with Gasteiger partial charge in [0, 0.05) is 18.0 Å². The van der Waals surface area contributed by atoms with Gasteiger partial charge >= 0.3 is 0 Å². The molecule has 0 aliphatic heterocycles. The molecule has 0 saturated carbocycles. The molecule has 0 fully saturated rings. The molecular weight excluding hydrogens is 300 g/mol. The molecule has 2 N–H and O–H groups in total. The Balaban J connectivity index is 2.10. The first-order chi connectivity index (χ1) is 11.6. The van der Waals surface area contributed by atoms with E-state index >= 15 is 0 Å². The van der Waals surface area contributed by atoms with Gasteiger partial charge in [0.15, 0.2) is 0 Å². The van der Waals surface area contributed by atoms with Crippen molar-refractivity contribution in [1.82, 2.24) is 10.6 Å². The van der Waals surface area contributed by atoms with E-state index in [9.17, 15) is 4.79 Å². The first-order valence-electron chi connectivity index (χ1n) is 8.25. The summed E-state index contributed by atoms with van der Waals surface area (Å²) in [4.78, 5) is 12.1. The Labute approximate surface area is 144 Å². The summed E-state index contributed by atoms with van der Waals surface area (Å²) in [7, 11) is 3.53. The summed E-state index contributed by atoms with van der Waals surface area (Å²) in [5, 5.41) is 6.08. The van der Waals surface area contributed by atoms with Crippen molar-refractivity contribution in [2.24, 2.45) is 5.92 Å². The third-order valence-electron chi connectivity index (χ3n) is 4.15. The highest BCUT2D eigenvalue weighted by Crippen LogP contribution is 2.30. The van der Waals surface area contributed by atoms with Crippen LogP contribution in [0.3, 0.4) is 0 Å². The van der Waals surface area contributed by atoms with E-state index in [1.165, 1.54) is 0 Å². The molecule has 0 saturated heterocycles. The molecule has 2 atom stereocenters. The van der Waals surface area contributed by atoms with E-state index in [0.29, 0.717) is 6.54 Å². The number of rotatable bonds is 7. The van der Waals surface area contributed by atoms with Crippen LogP contribution in [0.4, 0.5) is 0 Å². The molecule has 0 aromatic heterocycles. The van der Waals surface area contributed by atoms with Crippen molar-refractivity contribution < 1.29 is 9.53 Å². The van der Waals surface area contributed by atoms with E-state index < -0.39 is 0 Å². The molecule has 0 aliphatic rings. The molecule has 2 rings (SSSR count). The highest BCUT2D eigenvalue weighted by Gasteiger charge is 2.15. The zero-order chi connectivity index (χ0) is 17.5. The maximum Gasteiger partial charge on any atom is 0.224 e. The summed E-state index contributed by atoms with van der Waals surface area (Å²) in [5.41, 5.74) is 3.24. The molecule has 0 bridgehead atoms. The number of methoxy groups -OCH3 is 1. The van der Waals surface area contributed by atoms with Gasteiger partial charge in [-0.25, -0.2) is 0 Å². The van der Waals surface area contributed by atoms with Gasteiger partial charge in [0.2, 0.25) is 5.91 Å². The Kier molecular flexibility index (Phi) is 6.38. The summed E-state index contributed by atoms with van der Waals surface area (Å²) in [6, 6.07) is 16.2. The molecule has 2 unspecified atom stereocenters. The number of nitrogens with one attached hydrogen (secondary N) is 2. The zero-order valence-corrected chi connectivity index (χ0v) is 14.8. The second-order valence-corrected chi connectivity index (χ2v) is 6.01. The van der Waals surface area contributed by atoms with Crippen molar-refractivity contribution in [2.45, 2.75) is 19.9 Å². The van der Waals surface area contributed by atoms with Gasteiger partial charge in [0.05, 0.1) is 13.2 Å². The molecule has 0 aliphatic carbocycles. The third-order valence-corrected chi connectivity index (χ3v) is 4.15. The number of hydrogen-bond acceptors (Lipinski definition) is 3. The molecule has 24 heavy (non-hydrogen) atoms. The summed E-state index contributed by atoms with van der Waals surface area (Å²) in [5.74, 6) is 0.864. The Hall–Kier alpha value is -2.33. The number of para-hydroxylation sites is 1. The summed E-state index contributed by atoms with van der Waals surface area (Å²) in [6.45, 7) is 4.59. The SMILES string of the molecule is CNCC(C)C(=O)NC(C)c1ccc(-c2ccccc2OC)cc1. The van der Waals surface area contributed by atoms with E-state index in [1.807, 2.05) is 45.2 Å². The van der Waals surface area contributed by atoms with Gasteiger partial charge in [-0.3, -0.25) is 4.79 Å². The van der Waals surface area contributed by atoms with Crippen LogP contribution in [0.15, 0.2) is 48.5 Å². The number of benzene rings is 2. The number of carbonyl (C=O) groups is 1. The molecule has 0 heterocycles. The molecule has 1 amide bonds. The monoisotopic (exact) mass is 326 g/mol. The van der Waals surface area contributed by atoms with Gasteiger partial charge in [-0.1, -0.05) is 49.4 Å². The average Bonchev–Trinajstić information content (AvgIpc) is 2.62. The first kappa shape index (κ1) is 18.0. The van der Waals surface area contributed by atoms with E-state index in [2.05, 4.69) is 34.9 Å². The van der Waals surface area contributed by atoms with Crippen LogP contribution in [0.2, 0.25) is 0 Å². The predicted octanol–water partition coefficient (Wildman–Crippen LogP) is 3.39. The minimum Gasteiger partial charge on any atom is -0.496 e. The van der Waals surface area contributed by atoms with E-state index in [-0.39, 0.29) is 17.9 Å². The topological polar surface area (TPSA) is 50.4 Å². The normalized spacial score (nSPS) is 13.2. The van der Waals surface area contributed by atoms with Crippen molar-refractivity contribution in [3.05, 3.63) is 54.1 Å². The number of ether oxygens (including phenoxy) is 1. The maximum absolute atomic E-state index is 12.1. The molecule has 2 aromatic rings. The fourth-order valence-electron chi connectivity index (χ4n) is 2.67. The fourth-order valence-corrected chi connectivity index (χ4v) is 2.67. The second kappa shape index (κ2) is 8.50. The average molecular weight is 326 g/mol. The van der Waals surface area contributed by atoms with Crippen LogP contribution < -0.4 is 15.4 Å². The van der Waals surface area contributed by atoms with Crippen LogP contribution in [-0.4, -0.2) is 26.6 Å². The Bertz CT molecular complexity index is 668. The largest absolute Gasteiger partial charge is 0.496 e. The van der Waals surface area contributed by atoms with Crippen LogP contribution in [0.25, 0.3) is 11.1 Å². The summed E-state index contributed by atoms with van der Waals surface area (Å²) >= 11 is 0.